The molecule has 4 unspecified atom stereocenters. The Kier molecular flexibility index (Phi) is 5.35. The molecule has 0 amide bonds. The smallest absolute Gasteiger partial charge is 0.314 e. The summed E-state index contributed by atoms with van der Waals surface area (Å²) < 4.78 is 37.0. The van der Waals surface area contributed by atoms with E-state index < -0.39 is 12.7 Å². The third-order valence-corrected chi connectivity index (χ3v) is 5.07. The van der Waals surface area contributed by atoms with Gasteiger partial charge in [0.2, 0.25) is 0 Å². The molecule has 1 aliphatic heterocycles. The number of hydrogen-bond acceptors (Lipinski definition) is 2. The summed E-state index contributed by atoms with van der Waals surface area (Å²) >= 11 is 0. The van der Waals surface area contributed by atoms with Crippen molar-refractivity contribution < 1.29 is 13.2 Å². The molecule has 118 valence electrons. The topological polar surface area (TPSA) is 15.3 Å². The second-order valence-corrected chi connectivity index (χ2v) is 6.88. The first-order valence-electron chi connectivity index (χ1n) is 7.86. The van der Waals surface area contributed by atoms with Crippen LogP contribution in [0.1, 0.15) is 39.5 Å². The maximum absolute atomic E-state index is 12.3. The molecule has 0 spiro atoms. The fraction of sp³-hybridized carbons (Fsp3) is 1.00. The molecule has 0 aromatic carbocycles. The summed E-state index contributed by atoms with van der Waals surface area (Å²) in [6.45, 7) is 5.92. The molecule has 1 saturated heterocycles. The minimum Gasteiger partial charge on any atom is -0.314 e. The third kappa shape index (κ3) is 4.92. The Morgan fingerprint density at radius 3 is 2.50 bits per heavy atom. The lowest BCUT2D eigenvalue weighted by molar-refractivity contribution is -0.143. The molecule has 2 aliphatic rings. The predicted octanol–water partition coefficient (Wildman–Crippen LogP) is 3.28. The van der Waals surface area contributed by atoms with Gasteiger partial charge in [0.25, 0.3) is 0 Å². The summed E-state index contributed by atoms with van der Waals surface area (Å²) in [4.78, 5) is 1.54. The normalized spacial score (nSPS) is 36.5. The molecule has 1 saturated carbocycles. The molecule has 2 rings (SSSR count). The molecule has 1 N–H and O–H groups in total. The quantitative estimate of drug-likeness (QED) is 0.855. The number of likely N-dealkylation sites (tertiary alicyclic amines) is 1. The molecular formula is C15H27F3N2. The number of alkyl halides is 3. The Bertz CT molecular complexity index is 306. The van der Waals surface area contributed by atoms with Crippen LogP contribution in [0, 0.1) is 17.8 Å². The number of nitrogens with one attached hydrogen (secondary N) is 1. The van der Waals surface area contributed by atoms with Gasteiger partial charge in [-0.1, -0.05) is 13.8 Å². The van der Waals surface area contributed by atoms with Crippen molar-refractivity contribution in [1.29, 1.82) is 0 Å². The minimum atomic E-state index is -4.06. The van der Waals surface area contributed by atoms with Crippen LogP contribution in [0.15, 0.2) is 0 Å². The summed E-state index contributed by atoms with van der Waals surface area (Å²) in [5.74, 6) is 1.94. The highest BCUT2D eigenvalue weighted by molar-refractivity contribution is 4.83. The molecular weight excluding hydrogens is 265 g/mol. The summed E-state index contributed by atoms with van der Waals surface area (Å²) in [7, 11) is 0. The predicted molar refractivity (Wildman–Crippen MR) is 74.6 cm³/mol. The fourth-order valence-corrected chi connectivity index (χ4v) is 3.54. The van der Waals surface area contributed by atoms with E-state index in [1.54, 1.807) is 0 Å². The molecule has 4 atom stereocenters. The van der Waals surface area contributed by atoms with Crippen molar-refractivity contribution in [3.05, 3.63) is 0 Å². The van der Waals surface area contributed by atoms with Crippen LogP contribution < -0.4 is 5.32 Å². The summed E-state index contributed by atoms with van der Waals surface area (Å²) in [6, 6.07) is 0.567. The van der Waals surface area contributed by atoms with E-state index >= 15 is 0 Å². The van der Waals surface area contributed by atoms with Crippen molar-refractivity contribution in [2.75, 3.05) is 26.2 Å². The Hall–Kier alpha value is -0.290. The largest absolute Gasteiger partial charge is 0.401 e. The highest BCUT2D eigenvalue weighted by atomic mass is 19.4. The first-order chi connectivity index (χ1) is 9.33. The molecule has 2 fully saturated rings. The Labute approximate surface area is 120 Å². The summed E-state index contributed by atoms with van der Waals surface area (Å²) in [6.07, 6.45) is 0.521. The fourth-order valence-electron chi connectivity index (χ4n) is 3.54. The van der Waals surface area contributed by atoms with E-state index in [1.165, 1.54) is 24.2 Å². The molecule has 0 aromatic heterocycles. The van der Waals surface area contributed by atoms with Gasteiger partial charge in [-0.2, -0.15) is 13.2 Å². The van der Waals surface area contributed by atoms with E-state index in [4.69, 9.17) is 0 Å². The van der Waals surface area contributed by atoms with E-state index in [9.17, 15) is 13.2 Å². The zero-order valence-electron chi connectivity index (χ0n) is 12.5. The SMILES string of the molecule is CC1CCC(NCC2CCN(CC(F)(F)F)C2)CC1C. The standard InChI is InChI=1S/C15H27F3N2/c1-11-3-4-14(7-12(11)2)19-8-13-5-6-20(9-13)10-15(16,17)18/h11-14,19H,3-10H2,1-2H3. The van der Waals surface area contributed by atoms with Crippen molar-refractivity contribution in [1.82, 2.24) is 10.2 Å². The minimum absolute atomic E-state index is 0.381. The Balaban J connectivity index is 1.66. The highest BCUT2D eigenvalue weighted by Crippen LogP contribution is 2.29. The highest BCUT2D eigenvalue weighted by Gasteiger charge is 2.34. The molecule has 20 heavy (non-hydrogen) atoms. The number of rotatable bonds is 4. The Morgan fingerprint density at radius 2 is 1.85 bits per heavy atom. The molecule has 2 nitrogen and oxygen atoms in total. The third-order valence-electron chi connectivity index (χ3n) is 5.07. The second kappa shape index (κ2) is 6.65. The maximum atomic E-state index is 12.3. The average molecular weight is 292 g/mol. The molecule has 0 aromatic rings. The van der Waals surface area contributed by atoms with Crippen molar-refractivity contribution in [3.63, 3.8) is 0 Å². The van der Waals surface area contributed by atoms with E-state index in [2.05, 4.69) is 19.2 Å². The number of hydrogen-bond donors (Lipinski definition) is 1. The maximum Gasteiger partial charge on any atom is 0.401 e. The van der Waals surface area contributed by atoms with Crippen LogP contribution in [-0.2, 0) is 0 Å². The zero-order chi connectivity index (χ0) is 14.8. The van der Waals surface area contributed by atoms with Gasteiger partial charge in [0.15, 0.2) is 0 Å². The monoisotopic (exact) mass is 292 g/mol. The molecule has 5 heteroatoms. The van der Waals surface area contributed by atoms with Crippen LogP contribution in [0.5, 0.6) is 0 Å². The molecule has 0 radical (unpaired) electrons. The summed E-state index contributed by atoms with van der Waals surface area (Å²) in [5.41, 5.74) is 0. The van der Waals surface area contributed by atoms with Gasteiger partial charge >= 0.3 is 6.18 Å². The Morgan fingerprint density at radius 1 is 1.10 bits per heavy atom. The van der Waals surface area contributed by atoms with Crippen LogP contribution in [-0.4, -0.2) is 43.3 Å². The van der Waals surface area contributed by atoms with Crippen molar-refractivity contribution in [2.45, 2.75) is 51.7 Å². The van der Waals surface area contributed by atoms with Gasteiger partial charge in [0.05, 0.1) is 6.54 Å². The number of nitrogens with zero attached hydrogens (tertiary/aromatic N) is 1. The van der Waals surface area contributed by atoms with Gasteiger partial charge in [-0.05, 0) is 56.5 Å². The van der Waals surface area contributed by atoms with E-state index in [0.29, 0.717) is 25.0 Å². The number of halogens is 3. The average Bonchev–Trinajstić information content (AvgIpc) is 2.76. The van der Waals surface area contributed by atoms with Gasteiger partial charge in [-0.25, -0.2) is 0 Å². The van der Waals surface area contributed by atoms with Gasteiger partial charge in [-0.3, -0.25) is 4.90 Å². The van der Waals surface area contributed by atoms with Crippen molar-refractivity contribution >= 4 is 0 Å². The first-order valence-corrected chi connectivity index (χ1v) is 7.86. The van der Waals surface area contributed by atoms with E-state index in [1.807, 2.05) is 0 Å². The van der Waals surface area contributed by atoms with Gasteiger partial charge in [0, 0.05) is 12.6 Å². The van der Waals surface area contributed by atoms with Gasteiger partial charge in [-0.15, -0.1) is 0 Å². The van der Waals surface area contributed by atoms with Crippen LogP contribution in [0.3, 0.4) is 0 Å². The first kappa shape index (κ1) is 16.1. The molecule has 1 heterocycles. The molecule has 0 bridgehead atoms. The van der Waals surface area contributed by atoms with Crippen LogP contribution >= 0.6 is 0 Å². The van der Waals surface area contributed by atoms with Crippen molar-refractivity contribution in [2.24, 2.45) is 17.8 Å². The van der Waals surface area contributed by atoms with E-state index in [-0.39, 0.29) is 0 Å². The van der Waals surface area contributed by atoms with Gasteiger partial charge in [0.1, 0.15) is 0 Å². The van der Waals surface area contributed by atoms with Crippen LogP contribution in [0.4, 0.5) is 13.2 Å². The van der Waals surface area contributed by atoms with Gasteiger partial charge < -0.3 is 5.32 Å². The lowest BCUT2D eigenvalue weighted by Crippen LogP contribution is -2.39. The van der Waals surface area contributed by atoms with E-state index in [0.717, 1.165) is 24.8 Å². The summed E-state index contributed by atoms with van der Waals surface area (Å²) in [5, 5.41) is 3.59. The van der Waals surface area contributed by atoms with Crippen LogP contribution in [0.2, 0.25) is 0 Å². The second-order valence-electron chi connectivity index (χ2n) is 6.88. The lowest BCUT2D eigenvalue weighted by Gasteiger charge is -2.33. The zero-order valence-corrected chi connectivity index (χ0v) is 12.5. The van der Waals surface area contributed by atoms with Crippen LogP contribution in [0.25, 0.3) is 0 Å². The molecule has 1 aliphatic carbocycles. The van der Waals surface area contributed by atoms with Crippen molar-refractivity contribution in [3.8, 4) is 0 Å². The lowest BCUT2D eigenvalue weighted by atomic mass is 9.79.